The van der Waals surface area contributed by atoms with Gasteiger partial charge < -0.3 is 0 Å². The molecule has 0 aliphatic heterocycles. The monoisotopic (exact) mass is 191 g/mol. The standard InChI is InChI=1S/C8H17NO2S/c1-4-7-5-8(7)12(10,11)9-6(2)3/h6-9H,4-5H2,1-3H3. The highest BCUT2D eigenvalue weighted by Crippen LogP contribution is 2.39. The molecule has 1 rings (SSSR count). The van der Waals surface area contributed by atoms with Crippen molar-refractivity contribution >= 4 is 10.0 Å². The summed E-state index contributed by atoms with van der Waals surface area (Å²) < 4.78 is 25.5. The summed E-state index contributed by atoms with van der Waals surface area (Å²) in [5.41, 5.74) is 0. The first-order valence-electron chi connectivity index (χ1n) is 4.48. The summed E-state index contributed by atoms with van der Waals surface area (Å²) in [5.74, 6) is 0.404. The Labute approximate surface area is 74.6 Å². The van der Waals surface area contributed by atoms with E-state index in [1.807, 2.05) is 20.8 Å². The van der Waals surface area contributed by atoms with E-state index in [1.54, 1.807) is 0 Å². The normalized spacial score (nSPS) is 29.3. The molecule has 0 saturated heterocycles. The van der Waals surface area contributed by atoms with Crippen LogP contribution in [0.3, 0.4) is 0 Å². The summed E-state index contributed by atoms with van der Waals surface area (Å²) in [4.78, 5) is 0. The zero-order chi connectivity index (χ0) is 9.35. The summed E-state index contributed by atoms with van der Waals surface area (Å²) in [6.07, 6.45) is 1.82. The van der Waals surface area contributed by atoms with Gasteiger partial charge in [-0.05, 0) is 26.2 Å². The molecule has 0 spiro atoms. The van der Waals surface area contributed by atoms with Crippen LogP contribution in [0.2, 0.25) is 0 Å². The molecule has 0 heterocycles. The lowest BCUT2D eigenvalue weighted by Crippen LogP contribution is -2.33. The van der Waals surface area contributed by atoms with Gasteiger partial charge in [-0.25, -0.2) is 13.1 Å². The number of nitrogens with one attached hydrogen (secondary N) is 1. The third-order valence-corrected chi connectivity index (χ3v) is 4.36. The van der Waals surface area contributed by atoms with Crippen molar-refractivity contribution in [3.63, 3.8) is 0 Å². The highest BCUT2D eigenvalue weighted by Gasteiger charge is 2.45. The van der Waals surface area contributed by atoms with Gasteiger partial charge in [-0.2, -0.15) is 0 Å². The van der Waals surface area contributed by atoms with E-state index < -0.39 is 10.0 Å². The molecule has 4 heteroatoms. The third kappa shape index (κ3) is 2.20. The van der Waals surface area contributed by atoms with Crippen LogP contribution in [0.4, 0.5) is 0 Å². The highest BCUT2D eigenvalue weighted by molar-refractivity contribution is 7.90. The minimum Gasteiger partial charge on any atom is -0.212 e. The maximum Gasteiger partial charge on any atom is 0.214 e. The van der Waals surface area contributed by atoms with Crippen LogP contribution in [0.1, 0.15) is 33.6 Å². The number of hydrogen-bond donors (Lipinski definition) is 1. The van der Waals surface area contributed by atoms with Crippen molar-refractivity contribution in [3.05, 3.63) is 0 Å². The largest absolute Gasteiger partial charge is 0.214 e. The molecule has 0 aromatic heterocycles. The summed E-state index contributed by atoms with van der Waals surface area (Å²) in [6, 6.07) is 0.0214. The van der Waals surface area contributed by atoms with Gasteiger partial charge in [-0.3, -0.25) is 0 Å². The van der Waals surface area contributed by atoms with Crippen molar-refractivity contribution in [1.29, 1.82) is 0 Å². The minimum atomic E-state index is -3.00. The predicted molar refractivity (Wildman–Crippen MR) is 49.4 cm³/mol. The van der Waals surface area contributed by atoms with Crippen molar-refractivity contribution in [2.45, 2.75) is 44.9 Å². The van der Waals surface area contributed by atoms with E-state index in [-0.39, 0.29) is 11.3 Å². The average molecular weight is 191 g/mol. The predicted octanol–water partition coefficient (Wildman–Crippen LogP) is 1.11. The van der Waals surface area contributed by atoms with Crippen molar-refractivity contribution < 1.29 is 8.42 Å². The molecule has 1 fully saturated rings. The van der Waals surface area contributed by atoms with Crippen LogP contribution in [-0.2, 0) is 10.0 Å². The SMILES string of the molecule is CCC1CC1S(=O)(=O)NC(C)C. The minimum absolute atomic E-state index is 0.0214. The molecular weight excluding hydrogens is 174 g/mol. The molecule has 1 aliphatic rings. The fraction of sp³-hybridized carbons (Fsp3) is 1.00. The van der Waals surface area contributed by atoms with Crippen LogP contribution >= 0.6 is 0 Å². The highest BCUT2D eigenvalue weighted by atomic mass is 32.2. The van der Waals surface area contributed by atoms with E-state index >= 15 is 0 Å². The average Bonchev–Trinajstić information content (AvgIpc) is 2.61. The number of hydrogen-bond acceptors (Lipinski definition) is 2. The molecule has 2 unspecified atom stereocenters. The van der Waals surface area contributed by atoms with Gasteiger partial charge in [0.2, 0.25) is 10.0 Å². The van der Waals surface area contributed by atoms with Crippen molar-refractivity contribution in [2.75, 3.05) is 0 Å². The Morgan fingerprint density at radius 1 is 1.50 bits per heavy atom. The first-order chi connectivity index (χ1) is 5.47. The van der Waals surface area contributed by atoms with E-state index in [2.05, 4.69) is 4.72 Å². The van der Waals surface area contributed by atoms with Gasteiger partial charge in [-0.1, -0.05) is 13.3 Å². The van der Waals surface area contributed by atoms with E-state index in [9.17, 15) is 8.42 Å². The number of rotatable bonds is 4. The zero-order valence-electron chi connectivity index (χ0n) is 7.87. The number of sulfonamides is 1. The summed E-state index contributed by atoms with van der Waals surface area (Å²) in [5, 5.41) is -0.107. The van der Waals surface area contributed by atoms with Gasteiger partial charge in [0.05, 0.1) is 5.25 Å². The van der Waals surface area contributed by atoms with Gasteiger partial charge in [0, 0.05) is 6.04 Å². The Kier molecular flexibility index (Phi) is 2.78. The van der Waals surface area contributed by atoms with Crippen molar-refractivity contribution in [3.8, 4) is 0 Å². The quantitative estimate of drug-likeness (QED) is 0.723. The molecule has 0 radical (unpaired) electrons. The molecule has 12 heavy (non-hydrogen) atoms. The Bertz CT molecular complexity index is 246. The second-order valence-electron chi connectivity index (χ2n) is 3.76. The summed E-state index contributed by atoms with van der Waals surface area (Å²) >= 11 is 0. The fourth-order valence-corrected chi connectivity index (χ4v) is 3.48. The Morgan fingerprint density at radius 3 is 2.42 bits per heavy atom. The maximum atomic E-state index is 11.5. The molecule has 1 N–H and O–H groups in total. The molecule has 72 valence electrons. The fourth-order valence-electron chi connectivity index (χ4n) is 1.45. The van der Waals surface area contributed by atoms with E-state index in [4.69, 9.17) is 0 Å². The van der Waals surface area contributed by atoms with Crippen LogP contribution in [-0.4, -0.2) is 19.7 Å². The Balaban J connectivity index is 2.51. The van der Waals surface area contributed by atoms with E-state index in [0.717, 1.165) is 12.8 Å². The second kappa shape index (κ2) is 3.34. The lowest BCUT2D eigenvalue weighted by Gasteiger charge is -2.08. The van der Waals surface area contributed by atoms with Crippen LogP contribution in [0.15, 0.2) is 0 Å². The van der Waals surface area contributed by atoms with Crippen LogP contribution in [0.25, 0.3) is 0 Å². The summed E-state index contributed by atoms with van der Waals surface area (Å²) in [7, 11) is -3.00. The third-order valence-electron chi connectivity index (χ3n) is 2.18. The molecule has 0 aromatic rings. The van der Waals surface area contributed by atoms with Crippen LogP contribution < -0.4 is 4.72 Å². The molecule has 1 aliphatic carbocycles. The van der Waals surface area contributed by atoms with Crippen molar-refractivity contribution in [2.24, 2.45) is 5.92 Å². The zero-order valence-corrected chi connectivity index (χ0v) is 8.69. The topological polar surface area (TPSA) is 46.2 Å². The summed E-state index contributed by atoms with van der Waals surface area (Å²) in [6.45, 7) is 5.73. The lowest BCUT2D eigenvalue weighted by atomic mass is 10.3. The van der Waals surface area contributed by atoms with Crippen molar-refractivity contribution in [1.82, 2.24) is 4.72 Å². The molecule has 2 atom stereocenters. The van der Waals surface area contributed by atoms with Gasteiger partial charge in [-0.15, -0.1) is 0 Å². The Morgan fingerprint density at radius 2 is 2.08 bits per heavy atom. The Hall–Kier alpha value is -0.0900. The van der Waals surface area contributed by atoms with E-state index in [0.29, 0.717) is 5.92 Å². The first kappa shape index (κ1) is 9.99. The molecule has 3 nitrogen and oxygen atoms in total. The van der Waals surface area contributed by atoms with Gasteiger partial charge >= 0.3 is 0 Å². The molecule has 0 aromatic carbocycles. The lowest BCUT2D eigenvalue weighted by molar-refractivity contribution is 0.565. The molecule has 0 amide bonds. The molecular formula is C8H17NO2S. The van der Waals surface area contributed by atoms with Crippen LogP contribution in [0.5, 0.6) is 0 Å². The maximum absolute atomic E-state index is 11.5. The van der Waals surface area contributed by atoms with Gasteiger partial charge in [0.25, 0.3) is 0 Å². The first-order valence-corrected chi connectivity index (χ1v) is 6.03. The smallest absolute Gasteiger partial charge is 0.212 e. The van der Waals surface area contributed by atoms with Gasteiger partial charge in [0.15, 0.2) is 0 Å². The molecule has 1 saturated carbocycles. The van der Waals surface area contributed by atoms with Gasteiger partial charge in [0.1, 0.15) is 0 Å². The van der Waals surface area contributed by atoms with Crippen LogP contribution in [0, 0.1) is 5.92 Å². The molecule has 0 bridgehead atoms. The second-order valence-corrected chi connectivity index (χ2v) is 5.69. The van der Waals surface area contributed by atoms with E-state index in [1.165, 1.54) is 0 Å².